The third-order valence-electron chi connectivity index (χ3n) is 6.13. The molecule has 0 radical (unpaired) electrons. The Morgan fingerprint density at radius 1 is 1.12 bits per heavy atom. The molecule has 2 heterocycles. The van der Waals surface area contributed by atoms with Crippen molar-refractivity contribution >= 4 is 23.2 Å². The number of nitrogens with one attached hydrogen (secondary N) is 1. The van der Waals surface area contributed by atoms with E-state index in [0.717, 1.165) is 29.0 Å². The quantitative estimate of drug-likeness (QED) is 0.532. The summed E-state index contributed by atoms with van der Waals surface area (Å²) in [5.41, 5.74) is 2.59. The minimum absolute atomic E-state index is 0.0148. The van der Waals surface area contributed by atoms with Crippen molar-refractivity contribution in [1.29, 1.82) is 0 Å². The number of nitrogens with zero attached hydrogens (tertiary/aromatic N) is 2. The smallest absolute Gasteiger partial charge is 0.265 e. The molecule has 1 saturated heterocycles. The monoisotopic (exact) mass is 465 g/mol. The molecule has 1 aliphatic rings. The molecule has 2 aromatic carbocycles. The Bertz CT molecular complexity index is 1110. The van der Waals surface area contributed by atoms with Crippen molar-refractivity contribution in [3.63, 3.8) is 0 Å². The van der Waals surface area contributed by atoms with E-state index in [-0.39, 0.29) is 29.6 Å². The molecule has 1 N–H and O–H groups in total. The first-order chi connectivity index (χ1) is 15.9. The Morgan fingerprint density at radius 3 is 2.45 bits per heavy atom. The van der Waals surface area contributed by atoms with Crippen LogP contribution in [0.15, 0.2) is 54.6 Å². The first-order valence-corrected chi connectivity index (χ1v) is 12.1. The molecule has 1 aromatic heterocycles. The zero-order chi connectivity index (χ0) is 23.4. The van der Waals surface area contributed by atoms with Crippen LogP contribution in [0.4, 0.5) is 4.39 Å². The lowest BCUT2D eigenvalue weighted by atomic mass is 9.93. The van der Waals surface area contributed by atoms with Gasteiger partial charge in [-0.15, -0.1) is 11.3 Å². The van der Waals surface area contributed by atoms with Crippen molar-refractivity contribution < 1.29 is 14.0 Å². The zero-order valence-electron chi connectivity index (χ0n) is 18.9. The molecule has 4 rings (SSSR count). The molecule has 1 fully saturated rings. The maximum absolute atomic E-state index is 13.2. The first-order valence-electron chi connectivity index (χ1n) is 11.3. The number of aryl methyl sites for hydroxylation is 1. The summed E-state index contributed by atoms with van der Waals surface area (Å²) in [5.74, 6) is 0.0149. The Kier molecular flexibility index (Phi) is 7.18. The second kappa shape index (κ2) is 10.3. The maximum atomic E-state index is 13.2. The van der Waals surface area contributed by atoms with Gasteiger partial charge in [0.1, 0.15) is 15.7 Å². The number of amides is 2. The van der Waals surface area contributed by atoms with Crippen LogP contribution in [-0.4, -0.2) is 34.8 Å². The van der Waals surface area contributed by atoms with Crippen molar-refractivity contribution in [2.75, 3.05) is 13.1 Å². The van der Waals surface area contributed by atoms with Gasteiger partial charge in [0, 0.05) is 25.1 Å². The number of benzene rings is 2. The predicted octanol–water partition coefficient (Wildman–Crippen LogP) is 5.38. The van der Waals surface area contributed by atoms with Crippen LogP contribution < -0.4 is 5.32 Å². The van der Waals surface area contributed by atoms with E-state index in [4.69, 9.17) is 0 Å². The standard InChI is InChI=1S/C26H28FN3O2S/c1-17(20-6-4-3-5-7-20)28-23(31)16-19-12-14-30(15-13-19)26(32)24-18(2)29-25(33-24)21-8-10-22(27)11-9-21/h3-11,17,19H,12-16H2,1-2H3,(H,28,31)/t17-/m1/s1. The molecular weight excluding hydrogens is 437 g/mol. The van der Waals surface area contributed by atoms with Gasteiger partial charge in [0.15, 0.2) is 0 Å². The molecule has 2 amide bonds. The number of hydrogen-bond acceptors (Lipinski definition) is 4. The SMILES string of the molecule is Cc1nc(-c2ccc(F)cc2)sc1C(=O)N1CCC(CC(=O)N[C@H](C)c2ccccc2)CC1. The fraction of sp³-hybridized carbons (Fsp3) is 0.346. The minimum Gasteiger partial charge on any atom is -0.350 e. The van der Waals surface area contributed by atoms with Gasteiger partial charge in [-0.25, -0.2) is 9.37 Å². The average Bonchev–Trinajstić information content (AvgIpc) is 3.21. The normalized spacial score (nSPS) is 15.3. The average molecular weight is 466 g/mol. The summed E-state index contributed by atoms with van der Waals surface area (Å²) in [4.78, 5) is 32.6. The zero-order valence-corrected chi connectivity index (χ0v) is 19.7. The number of rotatable bonds is 6. The van der Waals surface area contributed by atoms with Crippen molar-refractivity contribution in [2.45, 2.75) is 39.2 Å². The highest BCUT2D eigenvalue weighted by Gasteiger charge is 2.28. The van der Waals surface area contributed by atoms with Crippen molar-refractivity contribution in [1.82, 2.24) is 15.2 Å². The van der Waals surface area contributed by atoms with Crippen molar-refractivity contribution in [3.8, 4) is 10.6 Å². The lowest BCUT2D eigenvalue weighted by Gasteiger charge is -2.31. The van der Waals surface area contributed by atoms with E-state index in [1.807, 2.05) is 49.1 Å². The van der Waals surface area contributed by atoms with E-state index < -0.39 is 0 Å². The van der Waals surface area contributed by atoms with Crippen LogP contribution >= 0.6 is 11.3 Å². The summed E-state index contributed by atoms with van der Waals surface area (Å²) in [6, 6.07) is 16.1. The summed E-state index contributed by atoms with van der Waals surface area (Å²) in [5, 5.41) is 3.80. The van der Waals surface area contributed by atoms with Crippen LogP contribution in [0.2, 0.25) is 0 Å². The number of carbonyl (C=O) groups is 2. The molecule has 7 heteroatoms. The second-order valence-electron chi connectivity index (χ2n) is 8.58. The van der Waals surface area contributed by atoms with Gasteiger partial charge in [-0.05, 0) is 62.4 Å². The number of aromatic nitrogens is 1. The number of halogens is 1. The Hall–Kier alpha value is -3.06. The third-order valence-corrected chi connectivity index (χ3v) is 7.33. The lowest BCUT2D eigenvalue weighted by molar-refractivity contribution is -0.122. The molecule has 0 aliphatic carbocycles. The molecule has 172 valence electrons. The second-order valence-corrected chi connectivity index (χ2v) is 9.58. The summed E-state index contributed by atoms with van der Waals surface area (Å²) in [6.45, 7) is 5.09. The molecule has 0 bridgehead atoms. The minimum atomic E-state index is -0.297. The van der Waals surface area contributed by atoms with Gasteiger partial charge in [-0.1, -0.05) is 30.3 Å². The maximum Gasteiger partial charge on any atom is 0.265 e. The molecule has 0 unspecified atom stereocenters. The molecular formula is C26H28FN3O2S. The van der Waals surface area contributed by atoms with Gasteiger partial charge in [-0.2, -0.15) is 0 Å². The lowest BCUT2D eigenvalue weighted by Crippen LogP contribution is -2.39. The van der Waals surface area contributed by atoms with E-state index in [0.29, 0.717) is 30.1 Å². The summed E-state index contributed by atoms with van der Waals surface area (Å²) >= 11 is 1.35. The van der Waals surface area contributed by atoms with Gasteiger partial charge in [0.25, 0.3) is 5.91 Å². The number of likely N-dealkylation sites (tertiary alicyclic amines) is 1. The fourth-order valence-corrected chi connectivity index (χ4v) is 5.22. The van der Waals surface area contributed by atoms with E-state index >= 15 is 0 Å². The Balaban J connectivity index is 1.30. The number of piperidine rings is 1. The topological polar surface area (TPSA) is 62.3 Å². The molecule has 0 saturated carbocycles. The Morgan fingerprint density at radius 2 is 1.79 bits per heavy atom. The van der Waals surface area contributed by atoms with Gasteiger partial charge < -0.3 is 10.2 Å². The van der Waals surface area contributed by atoms with Crippen LogP contribution in [0.5, 0.6) is 0 Å². The van der Waals surface area contributed by atoms with Crippen LogP contribution in [0.3, 0.4) is 0 Å². The molecule has 3 aromatic rings. The van der Waals surface area contributed by atoms with Crippen molar-refractivity contribution in [3.05, 3.63) is 76.5 Å². The first kappa shape index (κ1) is 23.1. The van der Waals surface area contributed by atoms with Gasteiger partial charge in [0.2, 0.25) is 5.91 Å². The predicted molar refractivity (Wildman–Crippen MR) is 128 cm³/mol. The summed E-state index contributed by atoms with van der Waals surface area (Å²) in [6.07, 6.45) is 2.09. The molecule has 0 spiro atoms. The summed E-state index contributed by atoms with van der Waals surface area (Å²) in [7, 11) is 0. The van der Waals surface area contributed by atoms with Gasteiger partial charge in [0.05, 0.1) is 11.7 Å². The number of hydrogen-bond donors (Lipinski definition) is 1. The van der Waals surface area contributed by atoms with Crippen LogP contribution in [0.25, 0.3) is 10.6 Å². The summed E-state index contributed by atoms with van der Waals surface area (Å²) < 4.78 is 13.2. The van der Waals surface area contributed by atoms with Gasteiger partial charge >= 0.3 is 0 Å². The van der Waals surface area contributed by atoms with Crippen molar-refractivity contribution in [2.24, 2.45) is 5.92 Å². The van der Waals surface area contributed by atoms with E-state index in [1.165, 1.54) is 23.5 Å². The molecule has 33 heavy (non-hydrogen) atoms. The number of carbonyl (C=O) groups excluding carboxylic acids is 2. The van der Waals surface area contributed by atoms with Crippen LogP contribution in [0.1, 0.15) is 53.2 Å². The third kappa shape index (κ3) is 5.66. The highest BCUT2D eigenvalue weighted by molar-refractivity contribution is 7.17. The van der Waals surface area contributed by atoms with E-state index in [1.54, 1.807) is 12.1 Å². The number of thiazole rings is 1. The molecule has 1 atom stereocenters. The van der Waals surface area contributed by atoms with E-state index in [9.17, 15) is 14.0 Å². The highest BCUT2D eigenvalue weighted by atomic mass is 32.1. The molecule has 1 aliphatic heterocycles. The van der Waals surface area contributed by atoms with Crippen LogP contribution in [0, 0.1) is 18.7 Å². The Labute approximate surface area is 197 Å². The molecule has 5 nitrogen and oxygen atoms in total. The van der Waals surface area contributed by atoms with Crippen LogP contribution in [-0.2, 0) is 4.79 Å². The largest absolute Gasteiger partial charge is 0.350 e. The highest BCUT2D eigenvalue weighted by Crippen LogP contribution is 2.30. The van der Waals surface area contributed by atoms with E-state index in [2.05, 4.69) is 10.3 Å². The fourth-order valence-electron chi connectivity index (χ4n) is 4.18. The van der Waals surface area contributed by atoms with Gasteiger partial charge in [-0.3, -0.25) is 9.59 Å².